The lowest BCUT2D eigenvalue weighted by Gasteiger charge is -1.85. The first kappa shape index (κ1) is 5.96. The zero-order valence-corrected chi connectivity index (χ0v) is 6.08. The molecule has 0 nitrogen and oxygen atoms in total. The minimum Gasteiger partial charge on any atom is -0.0881 e. The highest BCUT2D eigenvalue weighted by molar-refractivity contribution is 9.13. The van der Waals surface area contributed by atoms with Crippen LogP contribution in [0, 0.1) is 5.33 Å². The molecule has 1 radical (unpaired) electrons. The first-order valence-corrected chi connectivity index (χ1v) is 3.18. The average molecular weight is 201 g/mol. The van der Waals surface area contributed by atoms with Gasteiger partial charge < -0.3 is 0 Å². The summed E-state index contributed by atoms with van der Waals surface area (Å²) in [5, 5.41) is 1.90. The van der Waals surface area contributed by atoms with E-state index in [1.54, 1.807) is 0 Å². The van der Waals surface area contributed by atoms with E-state index in [0.29, 0.717) is 4.83 Å². The van der Waals surface area contributed by atoms with Crippen LogP contribution >= 0.6 is 31.9 Å². The van der Waals surface area contributed by atoms with Crippen LogP contribution in [0.25, 0.3) is 0 Å². The summed E-state index contributed by atoms with van der Waals surface area (Å²) < 4.78 is 0. The molecule has 0 aromatic rings. The predicted molar refractivity (Wildman–Crippen MR) is 31.6 cm³/mol. The maximum atomic E-state index is 3.27. The minimum absolute atomic E-state index is 0.488. The lowest BCUT2D eigenvalue weighted by atomic mass is 10.6. The van der Waals surface area contributed by atoms with E-state index in [1.807, 2.05) is 12.3 Å². The lowest BCUT2D eigenvalue weighted by Crippen LogP contribution is -1.78. The molecule has 0 aliphatic rings. The molecule has 0 heterocycles. The first-order chi connectivity index (χ1) is 2.27. The van der Waals surface area contributed by atoms with Crippen molar-refractivity contribution < 1.29 is 0 Å². The maximum Gasteiger partial charge on any atom is 0.0404 e. The Balaban J connectivity index is 2.54. The summed E-state index contributed by atoms with van der Waals surface area (Å²) in [6, 6.07) is 0. The summed E-state index contributed by atoms with van der Waals surface area (Å²) in [4.78, 5) is 0.488. The molecule has 0 bridgehead atoms. The minimum atomic E-state index is 0.488. The van der Waals surface area contributed by atoms with Crippen molar-refractivity contribution >= 4 is 31.9 Å². The second-order valence-electron chi connectivity index (χ2n) is 0.804. The van der Waals surface area contributed by atoms with Crippen LogP contribution in [-0.2, 0) is 0 Å². The average Bonchev–Trinajstić information content (AvgIpc) is 1.38. The van der Waals surface area contributed by atoms with E-state index in [1.165, 1.54) is 0 Å². The molecule has 0 N–H and O–H groups in total. The number of halogens is 2. The van der Waals surface area contributed by atoms with Crippen LogP contribution in [0.15, 0.2) is 0 Å². The van der Waals surface area contributed by atoms with E-state index in [2.05, 4.69) is 31.9 Å². The van der Waals surface area contributed by atoms with Crippen molar-refractivity contribution in [2.24, 2.45) is 0 Å². The van der Waals surface area contributed by atoms with Gasteiger partial charge in [0.2, 0.25) is 0 Å². The van der Waals surface area contributed by atoms with Crippen molar-refractivity contribution in [2.45, 2.75) is 11.8 Å². The van der Waals surface area contributed by atoms with Crippen LogP contribution in [0.5, 0.6) is 0 Å². The van der Waals surface area contributed by atoms with Gasteiger partial charge in [-0.25, -0.2) is 0 Å². The molecule has 0 saturated carbocycles. The van der Waals surface area contributed by atoms with Crippen molar-refractivity contribution in [3.63, 3.8) is 0 Å². The second kappa shape index (κ2) is 3.16. The summed E-state index contributed by atoms with van der Waals surface area (Å²) in [6.45, 7) is 2.04. The van der Waals surface area contributed by atoms with Gasteiger partial charge in [0.1, 0.15) is 0 Å². The number of hydrogen-bond donors (Lipinski definition) is 0. The van der Waals surface area contributed by atoms with E-state index in [-0.39, 0.29) is 0 Å². The highest BCUT2D eigenvalue weighted by Gasteiger charge is 1.85. The third-order valence-corrected chi connectivity index (χ3v) is 1.94. The molecule has 0 rings (SSSR count). The van der Waals surface area contributed by atoms with Gasteiger partial charge in [0.05, 0.1) is 0 Å². The van der Waals surface area contributed by atoms with Gasteiger partial charge in [-0.1, -0.05) is 38.8 Å². The molecule has 0 aromatic heterocycles. The van der Waals surface area contributed by atoms with Crippen molar-refractivity contribution in [2.75, 3.05) is 0 Å². The molecule has 31 valence electrons. The van der Waals surface area contributed by atoms with Crippen molar-refractivity contribution in [1.82, 2.24) is 0 Å². The summed E-state index contributed by atoms with van der Waals surface area (Å²) in [5.74, 6) is 0. The Morgan fingerprint density at radius 2 is 2.00 bits per heavy atom. The van der Waals surface area contributed by atoms with E-state index in [0.717, 1.165) is 0 Å². The van der Waals surface area contributed by atoms with Gasteiger partial charge in [0.15, 0.2) is 0 Å². The summed E-state index contributed by atoms with van der Waals surface area (Å²) in [6.07, 6.45) is 0. The molecule has 0 aromatic carbocycles. The van der Waals surface area contributed by atoms with Gasteiger partial charge in [0, 0.05) is 10.2 Å². The van der Waals surface area contributed by atoms with E-state index < -0.39 is 0 Å². The molecule has 2 heteroatoms. The molecule has 0 aliphatic heterocycles. The number of hydrogen-bond acceptors (Lipinski definition) is 0. The molecule has 0 saturated heterocycles. The fourth-order valence-electron chi connectivity index (χ4n) is 0. The monoisotopic (exact) mass is 199 g/mol. The third kappa shape index (κ3) is 4.96. The summed E-state index contributed by atoms with van der Waals surface area (Å²) >= 11 is 6.41. The summed E-state index contributed by atoms with van der Waals surface area (Å²) in [5.41, 5.74) is 0. The molecule has 5 heavy (non-hydrogen) atoms. The van der Waals surface area contributed by atoms with Crippen LogP contribution in [0.3, 0.4) is 0 Å². The van der Waals surface area contributed by atoms with Crippen LogP contribution in [-0.4, -0.2) is 4.83 Å². The molecule has 1 unspecified atom stereocenters. The van der Waals surface area contributed by atoms with Gasteiger partial charge in [-0.05, 0) is 0 Å². The van der Waals surface area contributed by atoms with Crippen LogP contribution < -0.4 is 0 Å². The van der Waals surface area contributed by atoms with Crippen molar-refractivity contribution in [3.8, 4) is 0 Å². The number of alkyl halides is 1. The Morgan fingerprint density at radius 1 is 1.80 bits per heavy atom. The number of rotatable bonds is 1. The Bertz CT molecular complexity index is 18.9. The largest absolute Gasteiger partial charge is 0.0881 e. The molecule has 1 atom stereocenters. The fourth-order valence-corrected chi connectivity index (χ4v) is 0. The first-order valence-electron chi connectivity index (χ1n) is 1.35. The topological polar surface area (TPSA) is 0 Å². The van der Waals surface area contributed by atoms with Crippen LogP contribution in [0.1, 0.15) is 6.92 Å². The van der Waals surface area contributed by atoms with Gasteiger partial charge in [0.25, 0.3) is 0 Å². The van der Waals surface area contributed by atoms with Crippen LogP contribution in [0.4, 0.5) is 0 Å². The molecule has 0 fully saturated rings. The molecule has 0 amide bonds. The van der Waals surface area contributed by atoms with Crippen molar-refractivity contribution in [1.29, 1.82) is 0 Å². The Kier molecular flexibility index (Phi) is 3.77. The Labute approximate surface area is 49.2 Å². The normalized spacial score (nSPS) is 15.0. The van der Waals surface area contributed by atoms with Gasteiger partial charge in [-0.3, -0.25) is 0 Å². The smallest absolute Gasteiger partial charge is 0.0404 e. The van der Waals surface area contributed by atoms with E-state index in [9.17, 15) is 0 Å². The second-order valence-corrected chi connectivity index (χ2v) is 2.78. The molecule has 0 aliphatic carbocycles. The maximum absolute atomic E-state index is 3.27. The van der Waals surface area contributed by atoms with Crippen molar-refractivity contribution in [3.05, 3.63) is 5.33 Å². The highest BCUT2D eigenvalue weighted by Crippen LogP contribution is 2.05. The Hall–Kier alpha value is 0.960. The SMILES string of the molecule is CC(Br)[CH]Br. The highest BCUT2D eigenvalue weighted by atomic mass is 79.9. The molecular weight excluding hydrogens is 196 g/mol. The van der Waals surface area contributed by atoms with Gasteiger partial charge in [-0.15, -0.1) is 0 Å². The van der Waals surface area contributed by atoms with Crippen LogP contribution in [0.2, 0.25) is 0 Å². The zero-order chi connectivity index (χ0) is 4.28. The summed E-state index contributed by atoms with van der Waals surface area (Å²) in [7, 11) is 0. The standard InChI is InChI=1S/C3H5Br2/c1-3(5)2-4/h2-3H,1H3. The van der Waals surface area contributed by atoms with Gasteiger partial charge in [-0.2, -0.15) is 0 Å². The fraction of sp³-hybridized carbons (Fsp3) is 0.667. The quantitative estimate of drug-likeness (QED) is 0.571. The van der Waals surface area contributed by atoms with E-state index >= 15 is 0 Å². The molecule has 0 spiro atoms. The Morgan fingerprint density at radius 3 is 2.00 bits per heavy atom. The lowest BCUT2D eigenvalue weighted by molar-refractivity contribution is 1.26. The predicted octanol–water partition coefficient (Wildman–Crippen LogP) is 2.33. The third-order valence-electron chi connectivity index (χ3n) is 0.174. The zero-order valence-electron chi connectivity index (χ0n) is 2.91. The molecular formula is C3H5Br2. The van der Waals surface area contributed by atoms with Gasteiger partial charge >= 0.3 is 0 Å². The van der Waals surface area contributed by atoms with E-state index in [4.69, 9.17) is 0 Å².